The van der Waals surface area contributed by atoms with E-state index in [1.165, 1.54) is 32.1 Å². The first-order valence-corrected chi connectivity index (χ1v) is 8.30. The van der Waals surface area contributed by atoms with Crippen molar-refractivity contribution in [3.63, 3.8) is 0 Å². The van der Waals surface area contributed by atoms with Crippen LogP contribution in [0.25, 0.3) is 0 Å². The fraction of sp³-hybridized carbons (Fsp3) is 1.00. The van der Waals surface area contributed by atoms with Gasteiger partial charge in [-0.1, -0.05) is 59.8 Å². The minimum absolute atomic E-state index is 0.282. The molecule has 1 rings (SSSR count). The molecule has 1 aliphatic rings. The fourth-order valence-electron chi connectivity index (χ4n) is 3.16. The summed E-state index contributed by atoms with van der Waals surface area (Å²) in [6.45, 7) is 9.15. The molecule has 2 nitrogen and oxygen atoms in total. The van der Waals surface area contributed by atoms with Crippen LogP contribution >= 0.6 is 0 Å². The second kappa shape index (κ2) is 8.97. The van der Waals surface area contributed by atoms with Gasteiger partial charge in [0.15, 0.2) is 6.29 Å². The highest BCUT2D eigenvalue weighted by atomic mass is 16.6. The van der Waals surface area contributed by atoms with Gasteiger partial charge in [-0.2, -0.15) is 0 Å². The first kappa shape index (κ1) is 17.0. The summed E-state index contributed by atoms with van der Waals surface area (Å²) in [4.78, 5) is 0. The van der Waals surface area contributed by atoms with Crippen molar-refractivity contribution < 1.29 is 9.84 Å². The van der Waals surface area contributed by atoms with E-state index < -0.39 is 6.29 Å². The molecule has 2 heteroatoms. The number of hydrogen-bond acceptors (Lipinski definition) is 2. The van der Waals surface area contributed by atoms with Crippen LogP contribution in [-0.4, -0.2) is 17.5 Å². The maximum absolute atomic E-state index is 9.64. The van der Waals surface area contributed by atoms with E-state index in [1.54, 1.807) is 0 Å². The Morgan fingerprint density at radius 1 is 1.05 bits per heavy atom. The Morgan fingerprint density at radius 3 is 2.37 bits per heavy atom. The fourth-order valence-corrected chi connectivity index (χ4v) is 3.16. The molecule has 1 N–H and O–H groups in total. The van der Waals surface area contributed by atoms with E-state index in [0.717, 1.165) is 31.1 Å². The lowest BCUT2D eigenvalue weighted by molar-refractivity contribution is -0.179. The summed E-state index contributed by atoms with van der Waals surface area (Å²) < 4.78 is 5.64. The minimum Gasteiger partial charge on any atom is -0.368 e. The maximum Gasteiger partial charge on any atom is 0.155 e. The van der Waals surface area contributed by atoms with E-state index in [0.29, 0.717) is 5.92 Å². The van der Waals surface area contributed by atoms with Crippen molar-refractivity contribution in [2.24, 2.45) is 17.8 Å². The number of unbranched alkanes of at least 4 members (excludes halogenated alkanes) is 2. The first-order chi connectivity index (χ1) is 8.97. The molecule has 4 unspecified atom stereocenters. The molecule has 0 radical (unpaired) electrons. The van der Waals surface area contributed by atoms with Crippen LogP contribution in [-0.2, 0) is 4.74 Å². The number of aliphatic hydroxyl groups excluding tert-OH is 1. The summed E-state index contributed by atoms with van der Waals surface area (Å²) in [6.07, 6.45) is 9.56. The molecule has 1 saturated heterocycles. The topological polar surface area (TPSA) is 29.5 Å². The van der Waals surface area contributed by atoms with Crippen LogP contribution in [0.1, 0.15) is 79.1 Å². The van der Waals surface area contributed by atoms with Crippen LogP contribution in [0.4, 0.5) is 0 Å². The third-order valence-corrected chi connectivity index (χ3v) is 4.26. The lowest BCUT2D eigenvalue weighted by atomic mass is 9.89. The molecule has 0 spiro atoms. The van der Waals surface area contributed by atoms with Crippen molar-refractivity contribution in [3.8, 4) is 0 Å². The van der Waals surface area contributed by atoms with Crippen molar-refractivity contribution in [1.29, 1.82) is 0 Å². The lowest BCUT2D eigenvalue weighted by Crippen LogP contribution is -2.32. The summed E-state index contributed by atoms with van der Waals surface area (Å²) in [5.74, 6) is 2.17. The summed E-state index contributed by atoms with van der Waals surface area (Å²) in [5.41, 5.74) is 0. The summed E-state index contributed by atoms with van der Waals surface area (Å²) in [7, 11) is 0. The molecule has 19 heavy (non-hydrogen) atoms. The second-order valence-corrected chi connectivity index (χ2v) is 7.16. The molecule has 0 amide bonds. The molecular weight excluding hydrogens is 236 g/mol. The zero-order chi connectivity index (χ0) is 14.3. The van der Waals surface area contributed by atoms with Gasteiger partial charge in [-0.25, -0.2) is 0 Å². The van der Waals surface area contributed by atoms with E-state index in [9.17, 15) is 5.11 Å². The number of ether oxygens (including phenoxy) is 1. The van der Waals surface area contributed by atoms with Gasteiger partial charge in [0.1, 0.15) is 0 Å². The van der Waals surface area contributed by atoms with Gasteiger partial charge in [-0.15, -0.1) is 0 Å². The standard InChI is InChI=1S/C17H34O2/c1-13(2)8-6-5-7-9-14(3)10-16-11-15(4)12-17(18)19-16/h13-18H,5-12H2,1-4H3. The third kappa shape index (κ3) is 7.94. The normalized spacial score (nSPS) is 29.7. The first-order valence-electron chi connectivity index (χ1n) is 8.30. The summed E-state index contributed by atoms with van der Waals surface area (Å²) in [5, 5.41) is 9.64. The summed E-state index contributed by atoms with van der Waals surface area (Å²) >= 11 is 0. The number of hydrogen-bond donors (Lipinski definition) is 1. The number of aliphatic hydroxyl groups is 1. The average molecular weight is 270 g/mol. The predicted octanol–water partition coefficient (Wildman–Crippen LogP) is 4.75. The average Bonchev–Trinajstić information content (AvgIpc) is 2.26. The molecule has 0 aliphatic carbocycles. The number of rotatable bonds is 8. The van der Waals surface area contributed by atoms with E-state index in [1.807, 2.05) is 0 Å². The summed E-state index contributed by atoms with van der Waals surface area (Å²) in [6, 6.07) is 0. The van der Waals surface area contributed by atoms with Crippen LogP contribution in [0, 0.1) is 17.8 Å². The second-order valence-electron chi connectivity index (χ2n) is 7.16. The molecule has 1 aliphatic heterocycles. The maximum atomic E-state index is 9.64. The molecule has 1 fully saturated rings. The molecule has 0 aromatic rings. The van der Waals surface area contributed by atoms with Crippen molar-refractivity contribution in [1.82, 2.24) is 0 Å². The molecule has 4 atom stereocenters. The van der Waals surface area contributed by atoms with Crippen LogP contribution in [0.3, 0.4) is 0 Å². The SMILES string of the molecule is CC(C)CCCCCC(C)CC1CC(C)CC(O)O1. The molecule has 0 bridgehead atoms. The smallest absolute Gasteiger partial charge is 0.155 e. The van der Waals surface area contributed by atoms with Crippen LogP contribution in [0.5, 0.6) is 0 Å². The highest BCUT2D eigenvalue weighted by Crippen LogP contribution is 2.28. The van der Waals surface area contributed by atoms with Crippen molar-refractivity contribution in [3.05, 3.63) is 0 Å². The van der Waals surface area contributed by atoms with E-state index >= 15 is 0 Å². The van der Waals surface area contributed by atoms with Crippen LogP contribution in [0.15, 0.2) is 0 Å². The quantitative estimate of drug-likeness (QED) is 0.645. The molecule has 0 aromatic heterocycles. The van der Waals surface area contributed by atoms with Gasteiger partial charge in [0.05, 0.1) is 6.10 Å². The van der Waals surface area contributed by atoms with Gasteiger partial charge in [-0.3, -0.25) is 0 Å². The van der Waals surface area contributed by atoms with Crippen LogP contribution in [0.2, 0.25) is 0 Å². The van der Waals surface area contributed by atoms with Crippen LogP contribution < -0.4 is 0 Å². The zero-order valence-corrected chi connectivity index (χ0v) is 13.4. The van der Waals surface area contributed by atoms with Crippen molar-refractivity contribution >= 4 is 0 Å². The zero-order valence-electron chi connectivity index (χ0n) is 13.4. The Labute approximate surface area is 119 Å². The Balaban J connectivity index is 2.08. The third-order valence-electron chi connectivity index (χ3n) is 4.26. The van der Waals surface area contributed by atoms with E-state index in [2.05, 4.69) is 27.7 Å². The van der Waals surface area contributed by atoms with Gasteiger partial charge in [0.2, 0.25) is 0 Å². The van der Waals surface area contributed by atoms with Crippen molar-refractivity contribution in [2.45, 2.75) is 91.5 Å². The van der Waals surface area contributed by atoms with Gasteiger partial charge in [-0.05, 0) is 30.6 Å². The van der Waals surface area contributed by atoms with E-state index in [4.69, 9.17) is 4.74 Å². The monoisotopic (exact) mass is 270 g/mol. The molecule has 0 aromatic carbocycles. The van der Waals surface area contributed by atoms with Crippen molar-refractivity contribution in [2.75, 3.05) is 0 Å². The lowest BCUT2D eigenvalue weighted by Gasteiger charge is -2.32. The highest BCUT2D eigenvalue weighted by Gasteiger charge is 2.26. The molecular formula is C17H34O2. The van der Waals surface area contributed by atoms with Gasteiger partial charge in [0, 0.05) is 6.42 Å². The Hall–Kier alpha value is -0.0800. The van der Waals surface area contributed by atoms with E-state index in [-0.39, 0.29) is 6.10 Å². The Kier molecular flexibility index (Phi) is 8.01. The highest BCUT2D eigenvalue weighted by molar-refractivity contribution is 4.73. The molecule has 0 saturated carbocycles. The van der Waals surface area contributed by atoms with Gasteiger partial charge in [0.25, 0.3) is 0 Å². The Morgan fingerprint density at radius 2 is 1.74 bits per heavy atom. The Bertz CT molecular complexity index is 217. The largest absolute Gasteiger partial charge is 0.368 e. The predicted molar refractivity (Wildman–Crippen MR) is 81.0 cm³/mol. The molecule has 1 heterocycles. The van der Waals surface area contributed by atoms with Gasteiger partial charge < -0.3 is 9.84 Å². The minimum atomic E-state index is -0.521. The molecule has 114 valence electrons. The van der Waals surface area contributed by atoms with Gasteiger partial charge >= 0.3 is 0 Å².